The van der Waals surface area contributed by atoms with Crippen LogP contribution in [0.3, 0.4) is 0 Å². The Labute approximate surface area is 241 Å². The molecule has 2 atom stereocenters. The van der Waals surface area contributed by atoms with Gasteiger partial charge in [0.05, 0.1) is 23.6 Å². The Bertz CT molecular complexity index is 1350. The molecule has 0 aliphatic heterocycles. The van der Waals surface area contributed by atoms with Gasteiger partial charge in [-0.25, -0.2) is 0 Å². The summed E-state index contributed by atoms with van der Waals surface area (Å²) < 4.78 is 5.26. The standard InChI is InChI=1S/C34H39N3O4/c38-30(36-22-29-9-5-15-41-29)28-12-10-25(11-13-28)21-37-32(40)34-19-26-16-27(20-34)18-33(17-26,23-34)31(39)35-14-4-8-24-6-2-1-3-7-24/h1-3,5-7,9-13,15,26-27H,4,8,14,16-23H2,(H,35,39)(H,36,38)(H,37,40). The predicted molar refractivity (Wildman–Crippen MR) is 155 cm³/mol. The lowest BCUT2D eigenvalue weighted by molar-refractivity contribution is -0.167. The summed E-state index contributed by atoms with van der Waals surface area (Å²) in [7, 11) is 0. The molecule has 41 heavy (non-hydrogen) atoms. The topological polar surface area (TPSA) is 100 Å². The fourth-order valence-electron chi connectivity index (χ4n) is 7.95. The number of amides is 3. The van der Waals surface area contributed by atoms with Crippen molar-refractivity contribution >= 4 is 17.7 Å². The lowest BCUT2D eigenvalue weighted by Gasteiger charge is -2.60. The molecule has 0 spiro atoms. The Balaban J connectivity index is 1.03. The highest BCUT2D eigenvalue weighted by Gasteiger charge is 2.62. The van der Waals surface area contributed by atoms with Crippen molar-refractivity contribution in [2.75, 3.05) is 6.54 Å². The summed E-state index contributed by atoms with van der Waals surface area (Å²) in [5.74, 6) is 1.64. The summed E-state index contributed by atoms with van der Waals surface area (Å²) >= 11 is 0. The second kappa shape index (κ2) is 11.6. The predicted octanol–water partition coefficient (Wildman–Crippen LogP) is 5.16. The first-order valence-electron chi connectivity index (χ1n) is 14.9. The molecular formula is C34H39N3O4. The molecular weight excluding hydrogens is 514 g/mol. The zero-order valence-corrected chi connectivity index (χ0v) is 23.5. The molecule has 1 aromatic heterocycles. The van der Waals surface area contributed by atoms with Crippen molar-refractivity contribution in [3.8, 4) is 0 Å². The molecule has 4 saturated carbocycles. The molecule has 4 fully saturated rings. The third-order valence-corrected chi connectivity index (χ3v) is 9.47. The highest BCUT2D eigenvalue weighted by Crippen LogP contribution is 2.65. The number of rotatable bonds is 11. The lowest BCUT2D eigenvalue weighted by atomic mass is 9.43. The molecule has 2 aromatic carbocycles. The van der Waals surface area contributed by atoms with Crippen LogP contribution in [0, 0.1) is 22.7 Å². The molecule has 7 rings (SSSR count). The fraction of sp³-hybridized carbons (Fsp3) is 0.441. The van der Waals surface area contributed by atoms with E-state index in [2.05, 4.69) is 28.1 Å². The number of aryl methyl sites for hydroxylation is 1. The van der Waals surface area contributed by atoms with Crippen LogP contribution in [-0.4, -0.2) is 24.3 Å². The van der Waals surface area contributed by atoms with Crippen molar-refractivity contribution < 1.29 is 18.8 Å². The van der Waals surface area contributed by atoms with Crippen LogP contribution < -0.4 is 16.0 Å². The van der Waals surface area contributed by atoms with Crippen molar-refractivity contribution in [2.45, 2.75) is 64.5 Å². The van der Waals surface area contributed by atoms with E-state index in [-0.39, 0.29) is 17.7 Å². The van der Waals surface area contributed by atoms with E-state index in [1.165, 1.54) is 5.56 Å². The van der Waals surface area contributed by atoms with Gasteiger partial charge in [-0.15, -0.1) is 0 Å². The summed E-state index contributed by atoms with van der Waals surface area (Å²) in [5.41, 5.74) is 1.91. The van der Waals surface area contributed by atoms with Crippen LogP contribution in [-0.2, 0) is 29.1 Å². The largest absolute Gasteiger partial charge is 0.467 e. The van der Waals surface area contributed by atoms with Gasteiger partial charge in [0.15, 0.2) is 0 Å². The van der Waals surface area contributed by atoms with Crippen LogP contribution in [0.4, 0.5) is 0 Å². The Hall–Kier alpha value is -3.87. The maximum absolute atomic E-state index is 13.7. The lowest BCUT2D eigenvalue weighted by Crippen LogP contribution is -2.61. The monoisotopic (exact) mass is 553 g/mol. The molecule has 0 radical (unpaired) electrons. The molecule has 3 N–H and O–H groups in total. The average molecular weight is 554 g/mol. The summed E-state index contributed by atoms with van der Waals surface area (Å²) in [5, 5.41) is 9.28. The van der Waals surface area contributed by atoms with Crippen molar-refractivity contribution in [1.82, 2.24) is 16.0 Å². The summed E-state index contributed by atoms with van der Waals surface area (Å²) in [6.07, 6.45) is 8.81. The van der Waals surface area contributed by atoms with Gasteiger partial charge in [-0.05, 0) is 98.6 Å². The van der Waals surface area contributed by atoms with E-state index in [9.17, 15) is 14.4 Å². The van der Waals surface area contributed by atoms with E-state index in [4.69, 9.17) is 4.42 Å². The Morgan fingerprint density at radius 3 is 2.07 bits per heavy atom. The highest BCUT2D eigenvalue weighted by atomic mass is 16.3. The van der Waals surface area contributed by atoms with Gasteiger partial charge in [-0.2, -0.15) is 0 Å². The molecule has 7 nitrogen and oxygen atoms in total. The number of hydrogen-bond donors (Lipinski definition) is 3. The maximum Gasteiger partial charge on any atom is 0.251 e. The quantitative estimate of drug-likeness (QED) is 0.286. The molecule has 3 amide bonds. The molecule has 4 aliphatic carbocycles. The van der Waals surface area contributed by atoms with Crippen LogP contribution in [0.2, 0.25) is 0 Å². The van der Waals surface area contributed by atoms with E-state index < -0.39 is 10.8 Å². The smallest absolute Gasteiger partial charge is 0.251 e. The van der Waals surface area contributed by atoms with E-state index >= 15 is 0 Å². The SMILES string of the molecule is O=C(NCc1ccco1)c1ccc(CNC(=O)C23CC4CC(CC(C(=O)NCCCc5ccccc5)(C4)C2)C3)cc1. The molecule has 1 heterocycles. The molecule has 4 bridgehead atoms. The van der Waals surface area contributed by atoms with Crippen LogP contribution >= 0.6 is 0 Å². The van der Waals surface area contributed by atoms with E-state index in [1.807, 2.05) is 36.4 Å². The number of carbonyl (C=O) groups excluding carboxylic acids is 3. The van der Waals surface area contributed by atoms with Crippen molar-refractivity contribution in [1.29, 1.82) is 0 Å². The number of carbonyl (C=O) groups is 3. The minimum absolute atomic E-state index is 0.0770. The minimum Gasteiger partial charge on any atom is -0.467 e. The molecule has 3 aromatic rings. The van der Waals surface area contributed by atoms with Crippen molar-refractivity contribution in [3.05, 3.63) is 95.4 Å². The van der Waals surface area contributed by atoms with Crippen LogP contribution in [0.1, 0.15) is 72.2 Å². The van der Waals surface area contributed by atoms with Crippen LogP contribution in [0.5, 0.6) is 0 Å². The number of furan rings is 1. The molecule has 4 aliphatic rings. The zero-order chi connectivity index (χ0) is 28.3. The Kier molecular flexibility index (Phi) is 7.69. The second-order valence-corrected chi connectivity index (χ2v) is 12.5. The first kappa shape index (κ1) is 27.3. The van der Waals surface area contributed by atoms with Gasteiger partial charge in [0.25, 0.3) is 5.91 Å². The third-order valence-electron chi connectivity index (χ3n) is 9.47. The Morgan fingerprint density at radius 1 is 0.732 bits per heavy atom. The summed E-state index contributed by atoms with van der Waals surface area (Å²) in [6.45, 7) is 1.41. The first-order valence-corrected chi connectivity index (χ1v) is 14.9. The van der Waals surface area contributed by atoms with Gasteiger partial charge >= 0.3 is 0 Å². The summed E-state index contributed by atoms with van der Waals surface area (Å²) in [4.78, 5) is 39.7. The molecule has 7 heteroatoms. The van der Waals surface area contributed by atoms with Gasteiger partial charge in [0, 0.05) is 18.7 Å². The van der Waals surface area contributed by atoms with E-state index in [0.717, 1.165) is 50.5 Å². The van der Waals surface area contributed by atoms with Gasteiger partial charge in [-0.3, -0.25) is 14.4 Å². The third kappa shape index (κ3) is 5.95. The molecule has 214 valence electrons. The van der Waals surface area contributed by atoms with Crippen molar-refractivity contribution in [2.24, 2.45) is 22.7 Å². The molecule has 0 saturated heterocycles. The van der Waals surface area contributed by atoms with Gasteiger partial charge < -0.3 is 20.4 Å². The average Bonchev–Trinajstić information content (AvgIpc) is 3.51. The number of hydrogen-bond acceptors (Lipinski definition) is 4. The van der Waals surface area contributed by atoms with E-state index in [1.54, 1.807) is 24.5 Å². The maximum atomic E-state index is 13.7. The van der Waals surface area contributed by atoms with Crippen LogP contribution in [0.15, 0.2) is 77.4 Å². The van der Waals surface area contributed by atoms with Crippen LogP contribution in [0.25, 0.3) is 0 Å². The minimum atomic E-state index is -0.461. The fourth-order valence-corrected chi connectivity index (χ4v) is 7.95. The van der Waals surface area contributed by atoms with E-state index in [0.29, 0.717) is 49.2 Å². The molecule has 2 unspecified atom stereocenters. The highest BCUT2D eigenvalue weighted by molar-refractivity contribution is 5.94. The first-order chi connectivity index (χ1) is 19.9. The van der Waals surface area contributed by atoms with Gasteiger partial charge in [-0.1, -0.05) is 42.5 Å². The normalized spacial score (nSPS) is 26.0. The second-order valence-electron chi connectivity index (χ2n) is 12.5. The van der Waals surface area contributed by atoms with Gasteiger partial charge in [0.1, 0.15) is 5.76 Å². The Morgan fingerprint density at radius 2 is 1.41 bits per heavy atom. The van der Waals surface area contributed by atoms with Gasteiger partial charge in [0.2, 0.25) is 11.8 Å². The number of benzene rings is 2. The summed E-state index contributed by atoms with van der Waals surface area (Å²) in [6, 6.07) is 21.3. The van der Waals surface area contributed by atoms with Crippen molar-refractivity contribution in [3.63, 3.8) is 0 Å². The number of nitrogens with one attached hydrogen (secondary N) is 3. The zero-order valence-electron chi connectivity index (χ0n) is 23.5.